The molecule has 0 amide bonds. The Morgan fingerprint density at radius 2 is 2.17 bits per heavy atom. The molecule has 0 aliphatic rings. The van der Waals surface area contributed by atoms with Crippen LogP contribution in [0.1, 0.15) is 25.3 Å². The number of halogens is 1. The van der Waals surface area contributed by atoms with Crippen molar-refractivity contribution in [3.05, 3.63) is 22.8 Å². The van der Waals surface area contributed by atoms with E-state index in [1.54, 1.807) is 11.8 Å². The molecule has 1 aromatic rings. The van der Waals surface area contributed by atoms with Crippen LogP contribution in [0.5, 0.6) is 0 Å². The van der Waals surface area contributed by atoms with E-state index < -0.39 is 0 Å². The maximum Gasteiger partial charge on any atom is 0.114 e. The predicted molar refractivity (Wildman–Crippen MR) is 55.1 cm³/mol. The summed E-state index contributed by atoms with van der Waals surface area (Å²) in [4.78, 5) is 4.25. The summed E-state index contributed by atoms with van der Waals surface area (Å²) >= 11 is 7.56. The van der Waals surface area contributed by atoms with Crippen LogP contribution in [0.4, 0.5) is 0 Å². The van der Waals surface area contributed by atoms with Crippen molar-refractivity contribution in [1.29, 1.82) is 0 Å². The van der Waals surface area contributed by atoms with Crippen molar-refractivity contribution in [2.75, 3.05) is 6.26 Å². The fraction of sp³-hybridized carbons (Fsp3) is 0.444. The molecule has 66 valence electrons. The summed E-state index contributed by atoms with van der Waals surface area (Å²) in [7, 11) is 0. The number of nitrogens with zero attached hydrogens (tertiary/aromatic N) is 1. The summed E-state index contributed by atoms with van der Waals surface area (Å²) in [5, 5.41) is 1.66. The summed E-state index contributed by atoms with van der Waals surface area (Å²) < 4.78 is 0. The molecule has 1 nitrogen and oxygen atoms in total. The van der Waals surface area contributed by atoms with Crippen LogP contribution in [0, 0.1) is 0 Å². The third-order valence-corrected chi connectivity index (χ3v) is 2.80. The van der Waals surface area contributed by atoms with E-state index in [1.807, 2.05) is 18.5 Å². The molecule has 0 saturated heterocycles. The Morgan fingerprint density at radius 1 is 1.50 bits per heavy atom. The molecule has 0 aliphatic carbocycles. The van der Waals surface area contributed by atoms with Gasteiger partial charge in [-0.25, -0.2) is 4.98 Å². The van der Waals surface area contributed by atoms with Crippen molar-refractivity contribution < 1.29 is 0 Å². The van der Waals surface area contributed by atoms with Crippen LogP contribution in [0.25, 0.3) is 0 Å². The van der Waals surface area contributed by atoms with Gasteiger partial charge in [-0.05, 0) is 23.8 Å². The molecule has 0 atom stereocenters. The number of rotatable bonds is 2. The van der Waals surface area contributed by atoms with Crippen molar-refractivity contribution in [3.8, 4) is 0 Å². The Kier molecular flexibility index (Phi) is 3.41. The highest BCUT2D eigenvalue weighted by Gasteiger charge is 2.04. The fourth-order valence-corrected chi connectivity index (χ4v) is 1.72. The molecule has 0 aliphatic heterocycles. The van der Waals surface area contributed by atoms with E-state index in [2.05, 4.69) is 18.8 Å². The zero-order valence-electron chi connectivity index (χ0n) is 7.47. The van der Waals surface area contributed by atoms with Crippen LogP contribution in [0.2, 0.25) is 5.02 Å². The highest BCUT2D eigenvalue weighted by atomic mass is 35.5. The molecule has 0 bridgehead atoms. The molecule has 0 aromatic carbocycles. The lowest BCUT2D eigenvalue weighted by Gasteiger charge is -2.06. The highest BCUT2D eigenvalue weighted by Crippen LogP contribution is 2.25. The number of pyridine rings is 1. The minimum Gasteiger partial charge on any atom is -0.248 e. The van der Waals surface area contributed by atoms with E-state index in [4.69, 9.17) is 11.6 Å². The molecule has 0 fully saturated rings. The highest BCUT2D eigenvalue weighted by molar-refractivity contribution is 7.98. The number of hydrogen-bond acceptors (Lipinski definition) is 2. The quantitative estimate of drug-likeness (QED) is 0.679. The lowest BCUT2D eigenvalue weighted by atomic mass is 10.1. The molecular weight excluding hydrogens is 190 g/mol. The van der Waals surface area contributed by atoms with Gasteiger partial charge in [0.1, 0.15) is 5.03 Å². The second-order valence-corrected chi connectivity index (χ2v) is 4.12. The SMILES string of the molecule is CSc1ncc(C(C)C)cc1Cl. The molecule has 0 saturated carbocycles. The summed E-state index contributed by atoms with van der Waals surface area (Å²) in [6.45, 7) is 4.26. The van der Waals surface area contributed by atoms with E-state index in [9.17, 15) is 0 Å². The zero-order chi connectivity index (χ0) is 9.14. The summed E-state index contributed by atoms with van der Waals surface area (Å²) in [6.07, 6.45) is 3.87. The first-order valence-electron chi connectivity index (χ1n) is 3.84. The van der Waals surface area contributed by atoms with Gasteiger partial charge in [0.2, 0.25) is 0 Å². The van der Waals surface area contributed by atoms with Crippen LogP contribution < -0.4 is 0 Å². The molecule has 1 rings (SSSR count). The third-order valence-electron chi connectivity index (χ3n) is 1.69. The van der Waals surface area contributed by atoms with Gasteiger partial charge in [0.05, 0.1) is 5.02 Å². The standard InChI is InChI=1S/C9H12ClNS/c1-6(2)7-4-8(10)9(12-3)11-5-7/h4-6H,1-3H3. The van der Waals surface area contributed by atoms with Gasteiger partial charge < -0.3 is 0 Å². The van der Waals surface area contributed by atoms with Gasteiger partial charge in [0.15, 0.2) is 0 Å². The van der Waals surface area contributed by atoms with Crippen molar-refractivity contribution in [2.45, 2.75) is 24.8 Å². The van der Waals surface area contributed by atoms with Gasteiger partial charge in [-0.1, -0.05) is 25.4 Å². The van der Waals surface area contributed by atoms with Gasteiger partial charge in [-0.15, -0.1) is 11.8 Å². The van der Waals surface area contributed by atoms with Gasteiger partial charge in [0, 0.05) is 6.20 Å². The Labute approximate surface area is 82.5 Å². The van der Waals surface area contributed by atoms with E-state index >= 15 is 0 Å². The number of thioether (sulfide) groups is 1. The summed E-state index contributed by atoms with van der Waals surface area (Å²) in [6, 6.07) is 1.99. The summed E-state index contributed by atoms with van der Waals surface area (Å²) in [5.74, 6) is 0.492. The molecule has 0 radical (unpaired) electrons. The monoisotopic (exact) mass is 201 g/mol. The Hall–Kier alpha value is -0.210. The van der Waals surface area contributed by atoms with Crippen molar-refractivity contribution in [3.63, 3.8) is 0 Å². The largest absolute Gasteiger partial charge is 0.248 e. The Morgan fingerprint density at radius 3 is 2.58 bits per heavy atom. The average molecular weight is 202 g/mol. The fourth-order valence-electron chi connectivity index (χ4n) is 0.906. The van der Waals surface area contributed by atoms with Gasteiger partial charge in [0.25, 0.3) is 0 Å². The second-order valence-electron chi connectivity index (χ2n) is 2.91. The average Bonchev–Trinajstić information content (AvgIpc) is 2.04. The zero-order valence-corrected chi connectivity index (χ0v) is 9.04. The predicted octanol–water partition coefficient (Wildman–Crippen LogP) is 3.58. The van der Waals surface area contributed by atoms with Crippen molar-refractivity contribution in [1.82, 2.24) is 4.98 Å². The minimum absolute atomic E-state index is 0.492. The van der Waals surface area contributed by atoms with E-state index in [0.717, 1.165) is 10.0 Å². The van der Waals surface area contributed by atoms with Crippen LogP contribution in [0.15, 0.2) is 17.3 Å². The molecule has 0 spiro atoms. The van der Waals surface area contributed by atoms with Crippen LogP contribution in [-0.4, -0.2) is 11.2 Å². The van der Waals surface area contributed by atoms with E-state index in [0.29, 0.717) is 5.92 Å². The molecule has 0 N–H and O–H groups in total. The van der Waals surface area contributed by atoms with Crippen LogP contribution >= 0.6 is 23.4 Å². The first kappa shape index (κ1) is 9.87. The second kappa shape index (κ2) is 4.15. The maximum absolute atomic E-state index is 5.99. The molecule has 1 heterocycles. The molecule has 3 heteroatoms. The van der Waals surface area contributed by atoms with E-state index in [-0.39, 0.29) is 0 Å². The normalized spacial score (nSPS) is 10.8. The Balaban J connectivity index is 3.02. The topological polar surface area (TPSA) is 12.9 Å². The Bertz CT molecular complexity index is 273. The van der Waals surface area contributed by atoms with Crippen molar-refractivity contribution >= 4 is 23.4 Å². The third kappa shape index (κ3) is 2.14. The first-order chi connectivity index (χ1) is 5.65. The summed E-state index contributed by atoms with van der Waals surface area (Å²) in [5.41, 5.74) is 1.19. The van der Waals surface area contributed by atoms with E-state index in [1.165, 1.54) is 5.56 Å². The van der Waals surface area contributed by atoms with Gasteiger partial charge in [-0.3, -0.25) is 0 Å². The molecule has 12 heavy (non-hydrogen) atoms. The minimum atomic E-state index is 0.492. The first-order valence-corrected chi connectivity index (χ1v) is 5.45. The van der Waals surface area contributed by atoms with Gasteiger partial charge >= 0.3 is 0 Å². The molecule has 0 unspecified atom stereocenters. The lowest BCUT2D eigenvalue weighted by molar-refractivity contribution is 0.850. The van der Waals surface area contributed by atoms with Crippen molar-refractivity contribution in [2.24, 2.45) is 0 Å². The number of aromatic nitrogens is 1. The smallest absolute Gasteiger partial charge is 0.114 e. The van der Waals surface area contributed by atoms with Crippen LogP contribution in [0.3, 0.4) is 0 Å². The molecule has 1 aromatic heterocycles. The lowest BCUT2D eigenvalue weighted by Crippen LogP contribution is -1.90. The van der Waals surface area contributed by atoms with Crippen LogP contribution in [-0.2, 0) is 0 Å². The maximum atomic E-state index is 5.99. The molecular formula is C9H12ClNS. The van der Waals surface area contributed by atoms with Gasteiger partial charge in [-0.2, -0.15) is 0 Å². The number of hydrogen-bond donors (Lipinski definition) is 0.